The largest absolute Gasteiger partial charge is 0.495 e. The zero-order valence-corrected chi connectivity index (χ0v) is 16.5. The summed E-state index contributed by atoms with van der Waals surface area (Å²) in [4.78, 5) is 0. The van der Waals surface area contributed by atoms with Gasteiger partial charge in [-0.1, -0.05) is 26.0 Å². The fourth-order valence-electron chi connectivity index (χ4n) is 3.41. The van der Waals surface area contributed by atoms with Crippen LogP contribution in [0.15, 0.2) is 24.7 Å². The van der Waals surface area contributed by atoms with Crippen LogP contribution in [0, 0.1) is 0 Å². The van der Waals surface area contributed by atoms with Gasteiger partial charge in [0.15, 0.2) is 0 Å². The smallest absolute Gasteiger partial charge is 0.357 e. The zero-order chi connectivity index (χ0) is 23.8. The van der Waals surface area contributed by atoms with Crippen LogP contribution in [-0.2, 0) is 9.47 Å². The second-order valence-corrected chi connectivity index (χ2v) is 6.73. The maximum Gasteiger partial charge on any atom is 0.357 e. The van der Waals surface area contributed by atoms with Gasteiger partial charge in [-0.3, -0.25) is 0 Å². The van der Waals surface area contributed by atoms with Crippen molar-refractivity contribution in [2.75, 3.05) is 0 Å². The lowest BCUT2D eigenvalue weighted by molar-refractivity contribution is -0.479. The maximum atomic E-state index is 15.2. The molecule has 30 heavy (non-hydrogen) atoms. The molecule has 0 aromatic rings. The van der Waals surface area contributed by atoms with Gasteiger partial charge in [0.25, 0.3) is 11.3 Å². The Bertz CT molecular complexity index is 575. The molecule has 1 rings (SSSR count). The van der Waals surface area contributed by atoms with E-state index >= 15 is 8.78 Å². The zero-order valence-electron chi connectivity index (χ0n) is 16.5. The number of rotatable bonds is 8. The minimum Gasteiger partial charge on any atom is -0.495 e. The van der Waals surface area contributed by atoms with Crippen molar-refractivity contribution in [1.29, 1.82) is 0 Å². The van der Waals surface area contributed by atoms with E-state index in [1.807, 2.05) is 0 Å². The molecule has 0 heterocycles. The second kappa shape index (κ2) is 8.14. The molecule has 1 saturated carbocycles. The number of alkyl halides is 10. The summed E-state index contributed by atoms with van der Waals surface area (Å²) >= 11 is 0. The fourth-order valence-corrected chi connectivity index (χ4v) is 3.41. The minimum atomic E-state index is -6.62. The Kier molecular flexibility index (Phi) is 7.17. The van der Waals surface area contributed by atoms with Crippen molar-refractivity contribution in [3.63, 3.8) is 0 Å². The van der Waals surface area contributed by atoms with Crippen molar-refractivity contribution in [3.8, 4) is 0 Å². The van der Waals surface area contributed by atoms with Crippen LogP contribution in [0.4, 0.5) is 43.9 Å². The van der Waals surface area contributed by atoms with E-state index in [9.17, 15) is 35.1 Å². The van der Waals surface area contributed by atoms with Crippen LogP contribution >= 0.6 is 0 Å². The van der Waals surface area contributed by atoms with Crippen LogP contribution in [0.1, 0.15) is 40.5 Å². The predicted molar refractivity (Wildman–Crippen MR) is 87.4 cm³/mol. The van der Waals surface area contributed by atoms with Gasteiger partial charge < -0.3 is 9.47 Å². The van der Waals surface area contributed by atoms with Gasteiger partial charge in [-0.2, -0.15) is 35.1 Å². The van der Waals surface area contributed by atoms with Gasteiger partial charge >= 0.3 is 23.7 Å². The number of halogens is 10. The molecule has 0 aromatic heterocycles. The molecule has 176 valence electrons. The quantitative estimate of drug-likeness (QED) is 0.300. The molecule has 2 nitrogen and oxygen atoms in total. The normalized spacial score (nSPS) is 34.1. The maximum absolute atomic E-state index is 15.2. The van der Waals surface area contributed by atoms with E-state index < -0.39 is 60.1 Å². The molecule has 2 unspecified atom stereocenters. The molecule has 0 spiro atoms. The summed E-state index contributed by atoms with van der Waals surface area (Å²) in [5.74, 6) is -26.5. The van der Waals surface area contributed by atoms with Crippen molar-refractivity contribution < 1.29 is 53.4 Å². The van der Waals surface area contributed by atoms with Crippen molar-refractivity contribution >= 4 is 0 Å². The Labute approximate surface area is 166 Å². The van der Waals surface area contributed by atoms with Crippen molar-refractivity contribution in [3.05, 3.63) is 24.7 Å². The Balaban J connectivity index is 3.94. The molecular weight excluding hydrogens is 438 g/mol. The Hall–Kier alpha value is -1.62. The van der Waals surface area contributed by atoms with Crippen LogP contribution in [0.5, 0.6) is 0 Å². The molecular formula is C18H22F10O2. The average molecular weight is 460 g/mol. The molecule has 1 aliphatic carbocycles. The van der Waals surface area contributed by atoms with Crippen molar-refractivity contribution in [2.45, 2.75) is 87.8 Å². The molecule has 0 saturated heterocycles. The molecule has 0 radical (unpaired) electrons. The van der Waals surface area contributed by atoms with Crippen LogP contribution in [0.2, 0.25) is 0 Å². The molecule has 0 bridgehead atoms. The first-order valence-electron chi connectivity index (χ1n) is 8.96. The Morgan fingerprint density at radius 3 is 0.967 bits per heavy atom. The molecule has 1 aliphatic rings. The third-order valence-corrected chi connectivity index (χ3v) is 5.00. The summed E-state index contributed by atoms with van der Waals surface area (Å²) in [5.41, 5.74) is -11.9. The summed E-state index contributed by atoms with van der Waals surface area (Å²) in [7, 11) is 0. The fraction of sp³-hybridized carbons (Fsp3) is 0.778. The third-order valence-electron chi connectivity index (χ3n) is 5.00. The average Bonchev–Trinajstić information content (AvgIpc) is 2.66. The molecule has 1 fully saturated rings. The third kappa shape index (κ3) is 2.91. The van der Waals surface area contributed by atoms with Crippen molar-refractivity contribution in [2.24, 2.45) is 0 Å². The minimum absolute atomic E-state index is 0.402. The van der Waals surface area contributed by atoms with E-state index in [4.69, 9.17) is 0 Å². The Morgan fingerprint density at radius 2 is 0.800 bits per heavy atom. The second-order valence-electron chi connectivity index (χ2n) is 6.73. The van der Waals surface area contributed by atoms with Gasteiger partial charge in [-0.25, -0.2) is 8.78 Å². The summed E-state index contributed by atoms with van der Waals surface area (Å²) in [6.45, 7) is 3.91. The van der Waals surface area contributed by atoms with Crippen LogP contribution in [0.3, 0.4) is 0 Å². The summed E-state index contributed by atoms with van der Waals surface area (Å²) in [6, 6.07) is 0. The molecule has 0 amide bonds. The SMILES string of the molecule is CC=COC(CC)C1(F)C(F)(F)C(F)(F)C(F)(C(CC)OC=CC)C(F)(F)C1(F)F. The first-order chi connectivity index (χ1) is 13.5. The molecule has 0 N–H and O–H groups in total. The van der Waals surface area contributed by atoms with Crippen LogP contribution in [-0.4, -0.2) is 47.2 Å². The lowest BCUT2D eigenvalue weighted by atomic mass is 9.62. The van der Waals surface area contributed by atoms with Gasteiger partial charge in [-0.05, 0) is 26.7 Å². The first-order valence-corrected chi connectivity index (χ1v) is 8.96. The summed E-state index contributed by atoms with van der Waals surface area (Å²) in [5, 5.41) is 0. The highest BCUT2D eigenvalue weighted by molar-refractivity contribution is 5.32. The number of hydrogen-bond donors (Lipinski definition) is 0. The topological polar surface area (TPSA) is 18.5 Å². The Morgan fingerprint density at radius 1 is 0.567 bits per heavy atom. The highest BCUT2D eigenvalue weighted by Gasteiger charge is 3.02. The summed E-state index contributed by atoms with van der Waals surface area (Å²) < 4.78 is 157. The predicted octanol–water partition coefficient (Wildman–Crippen LogP) is 6.62. The van der Waals surface area contributed by atoms with Crippen LogP contribution in [0.25, 0.3) is 0 Å². The van der Waals surface area contributed by atoms with E-state index in [0.717, 1.165) is 26.0 Å². The van der Waals surface area contributed by atoms with Gasteiger partial charge in [-0.15, -0.1) is 0 Å². The number of ether oxygens (including phenoxy) is 2. The van der Waals surface area contributed by atoms with E-state index in [-0.39, 0.29) is 0 Å². The van der Waals surface area contributed by atoms with Gasteiger partial charge in [0.05, 0.1) is 12.5 Å². The molecule has 12 heteroatoms. The first kappa shape index (κ1) is 26.4. The van der Waals surface area contributed by atoms with Gasteiger partial charge in [0, 0.05) is 0 Å². The lowest BCUT2D eigenvalue weighted by Crippen LogP contribution is -2.89. The standard InChI is InChI=1S/C18H22F10O2/c1-5-9-29-11(7-3)13(19)15(21,22)17(25,26)14(20,12(8-4)30-10-6-2)18(27,28)16(13,23)24/h5-6,9-12H,7-8H2,1-4H3. The van der Waals surface area contributed by atoms with Gasteiger partial charge in [0.1, 0.15) is 12.2 Å². The van der Waals surface area contributed by atoms with E-state index in [2.05, 4.69) is 9.47 Å². The molecule has 0 aliphatic heterocycles. The number of hydrogen-bond acceptors (Lipinski definition) is 2. The van der Waals surface area contributed by atoms with E-state index in [0.29, 0.717) is 12.5 Å². The van der Waals surface area contributed by atoms with Gasteiger partial charge in [0.2, 0.25) is 0 Å². The molecule has 0 aromatic carbocycles. The highest BCUT2D eigenvalue weighted by Crippen LogP contribution is 2.71. The summed E-state index contributed by atoms with van der Waals surface area (Å²) in [6.07, 6.45) is -5.97. The number of allylic oxidation sites excluding steroid dienone is 2. The highest BCUT2D eigenvalue weighted by atomic mass is 19.4. The molecule has 2 atom stereocenters. The monoisotopic (exact) mass is 460 g/mol. The van der Waals surface area contributed by atoms with E-state index in [1.54, 1.807) is 0 Å². The van der Waals surface area contributed by atoms with E-state index in [1.165, 1.54) is 13.8 Å². The lowest BCUT2D eigenvalue weighted by Gasteiger charge is -2.57. The van der Waals surface area contributed by atoms with Crippen molar-refractivity contribution in [1.82, 2.24) is 0 Å². The van der Waals surface area contributed by atoms with Crippen LogP contribution < -0.4 is 0 Å².